The van der Waals surface area contributed by atoms with Crippen LogP contribution in [-0.4, -0.2) is 22.2 Å². The quantitative estimate of drug-likeness (QED) is 0.931. The van der Waals surface area contributed by atoms with Crippen LogP contribution >= 0.6 is 11.3 Å². The number of carbonyl (C=O) groups excluding carboxylic acids is 1. The molecule has 1 aliphatic rings. The van der Waals surface area contributed by atoms with Crippen molar-refractivity contribution in [2.75, 3.05) is 6.54 Å². The lowest BCUT2D eigenvalue weighted by Crippen LogP contribution is -2.32. The van der Waals surface area contributed by atoms with Gasteiger partial charge in [-0.15, -0.1) is 11.3 Å². The Morgan fingerprint density at radius 1 is 1.43 bits per heavy atom. The van der Waals surface area contributed by atoms with Crippen LogP contribution in [0.3, 0.4) is 0 Å². The van der Waals surface area contributed by atoms with Crippen LogP contribution in [0, 0.1) is 6.92 Å². The highest BCUT2D eigenvalue weighted by molar-refractivity contribution is 7.13. The third-order valence-corrected chi connectivity index (χ3v) is 4.60. The average Bonchev–Trinajstić information content (AvgIpc) is 3.07. The highest BCUT2D eigenvalue weighted by Gasteiger charge is 2.14. The zero-order valence-electron chi connectivity index (χ0n) is 11.9. The van der Waals surface area contributed by atoms with Crippen molar-refractivity contribution >= 4 is 17.2 Å². The third kappa shape index (κ3) is 3.05. The van der Waals surface area contributed by atoms with Gasteiger partial charge in [-0.05, 0) is 43.9 Å². The summed E-state index contributed by atoms with van der Waals surface area (Å²) >= 11 is 1.47. The van der Waals surface area contributed by atoms with Crippen LogP contribution in [0.15, 0.2) is 23.0 Å². The highest BCUT2D eigenvalue weighted by atomic mass is 32.1. The normalized spacial score (nSPS) is 13.2. The molecule has 0 aliphatic heterocycles. The molecule has 0 unspecified atom stereocenters. The van der Waals surface area contributed by atoms with Gasteiger partial charge in [0.15, 0.2) is 0 Å². The largest absolute Gasteiger partial charge is 0.349 e. The van der Waals surface area contributed by atoms with E-state index >= 15 is 0 Å². The number of rotatable bonds is 4. The predicted octanol–water partition coefficient (Wildman–Crippen LogP) is 1.53. The SMILES string of the molecule is Cc1ccc(C(=O)NCCn2nc3c(cc2=O)CCC3)s1. The minimum atomic E-state index is -0.0951. The molecule has 0 spiro atoms. The Labute approximate surface area is 126 Å². The van der Waals surface area contributed by atoms with Crippen molar-refractivity contribution in [2.24, 2.45) is 0 Å². The molecule has 0 aromatic carbocycles. The summed E-state index contributed by atoms with van der Waals surface area (Å²) in [6.07, 6.45) is 2.96. The number of amides is 1. The van der Waals surface area contributed by atoms with E-state index < -0.39 is 0 Å². The van der Waals surface area contributed by atoms with Crippen molar-refractivity contribution in [2.45, 2.75) is 32.7 Å². The van der Waals surface area contributed by atoms with E-state index in [-0.39, 0.29) is 11.5 Å². The molecule has 3 rings (SSSR count). The maximum Gasteiger partial charge on any atom is 0.267 e. The van der Waals surface area contributed by atoms with Crippen LogP contribution in [0.1, 0.15) is 32.2 Å². The molecule has 1 amide bonds. The van der Waals surface area contributed by atoms with Gasteiger partial charge in [-0.25, -0.2) is 4.68 Å². The Kier molecular flexibility index (Phi) is 3.88. The average molecular weight is 303 g/mol. The molecule has 0 saturated heterocycles. The van der Waals surface area contributed by atoms with Gasteiger partial charge in [0.05, 0.1) is 17.1 Å². The Bertz CT molecular complexity index is 733. The summed E-state index contributed by atoms with van der Waals surface area (Å²) in [5, 5.41) is 7.21. The zero-order chi connectivity index (χ0) is 14.8. The molecule has 2 aromatic heterocycles. The topological polar surface area (TPSA) is 64.0 Å². The number of carbonyl (C=O) groups is 1. The first-order valence-corrected chi connectivity index (χ1v) is 7.90. The number of fused-ring (bicyclic) bond motifs is 1. The summed E-state index contributed by atoms with van der Waals surface area (Å²) in [7, 11) is 0. The molecule has 1 aliphatic carbocycles. The van der Waals surface area contributed by atoms with Crippen LogP contribution in [0.25, 0.3) is 0 Å². The minimum Gasteiger partial charge on any atom is -0.349 e. The van der Waals surface area contributed by atoms with Gasteiger partial charge in [0.1, 0.15) is 0 Å². The van der Waals surface area contributed by atoms with E-state index in [2.05, 4.69) is 10.4 Å². The highest BCUT2D eigenvalue weighted by Crippen LogP contribution is 2.17. The molecule has 2 heterocycles. The van der Waals surface area contributed by atoms with Crippen LogP contribution < -0.4 is 10.9 Å². The number of hydrogen-bond acceptors (Lipinski definition) is 4. The van der Waals surface area contributed by atoms with E-state index in [9.17, 15) is 9.59 Å². The zero-order valence-corrected chi connectivity index (χ0v) is 12.7. The molecular formula is C15H17N3O2S. The van der Waals surface area contributed by atoms with Gasteiger partial charge in [0, 0.05) is 17.5 Å². The molecule has 6 heteroatoms. The van der Waals surface area contributed by atoms with Gasteiger partial charge in [0.25, 0.3) is 11.5 Å². The molecule has 0 radical (unpaired) electrons. The summed E-state index contributed by atoms with van der Waals surface area (Å²) in [6, 6.07) is 5.42. The Hall–Kier alpha value is -1.95. The van der Waals surface area contributed by atoms with Crippen molar-refractivity contribution in [3.63, 3.8) is 0 Å². The summed E-state index contributed by atoms with van der Waals surface area (Å²) in [5.41, 5.74) is 2.01. The van der Waals surface area contributed by atoms with Crippen LogP contribution in [-0.2, 0) is 19.4 Å². The molecule has 2 aromatic rings. The van der Waals surface area contributed by atoms with Crippen LogP contribution in [0.2, 0.25) is 0 Å². The van der Waals surface area contributed by atoms with E-state index in [1.54, 1.807) is 6.07 Å². The Balaban J connectivity index is 1.61. The minimum absolute atomic E-state index is 0.0862. The molecule has 5 nitrogen and oxygen atoms in total. The number of nitrogens with one attached hydrogen (secondary N) is 1. The molecule has 21 heavy (non-hydrogen) atoms. The molecular weight excluding hydrogens is 286 g/mol. The van der Waals surface area contributed by atoms with Gasteiger partial charge in [-0.1, -0.05) is 0 Å². The lowest BCUT2D eigenvalue weighted by Gasteiger charge is -2.07. The Morgan fingerprint density at radius 2 is 2.29 bits per heavy atom. The second kappa shape index (κ2) is 5.81. The first-order chi connectivity index (χ1) is 10.1. The molecule has 1 N–H and O–H groups in total. The fourth-order valence-electron chi connectivity index (χ4n) is 2.52. The smallest absolute Gasteiger partial charge is 0.267 e. The van der Waals surface area contributed by atoms with E-state index in [4.69, 9.17) is 0 Å². The third-order valence-electron chi connectivity index (χ3n) is 3.60. The van der Waals surface area contributed by atoms with Crippen LogP contribution in [0.5, 0.6) is 0 Å². The van der Waals surface area contributed by atoms with E-state index in [0.717, 1.165) is 35.4 Å². The maximum atomic E-state index is 11.9. The van der Waals surface area contributed by atoms with Gasteiger partial charge >= 0.3 is 0 Å². The standard InChI is InChI=1S/C15H17N3O2S/c1-10-5-6-13(21-10)15(20)16-7-8-18-14(19)9-11-3-2-4-12(11)17-18/h5-6,9H,2-4,7-8H2,1H3,(H,16,20). The number of thiophene rings is 1. The van der Waals surface area contributed by atoms with Gasteiger partial charge < -0.3 is 5.32 Å². The second-order valence-electron chi connectivity index (χ2n) is 5.20. The van der Waals surface area contributed by atoms with Crippen molar-refractivity contribution in [1.29, 1.82) is 0 Å². The molecule has 0 fully saturated rings. The van der Waals surface area contributed by atoms with Gasteiger partial charge in [-0.2, -0.15) is 5.10 Å². The lowest BCUT2D eigenvalue weighted by atomic mass is 10.2. The molecule has 0 atom stereocenters. The van der Waals surface area contributed by atoms with Gasteiger partial charge in [0.2, 0.25) is 0 Å². The molecule has 0 bridgehead atoms. The first kappa shape index (κ1) is 14.0. The van der Waals surface area contributed by atoms with Crippen LogP contribution in [0.4, 0.5) is 0 Å². The Morgan fingerprint density at radius 3 is 3.05 bits per heavy atom. The van der Waals surface area contributed by atoms with E-state index in [1.165, 1.54) is 16.0 Å². The van der Waals surface area contributed by atoms with Crippen molar-refractivity contribution < 1.29 is 4.79 Å². The number of aryl methyl sites for hydroxylation is 3. The predicted molar refractivity (Wildman–Crippen MR) is 81.9 cm³/mol. The summed E-state index contributed by atoms with van der Waals surface area (Å²) in [6.45, 7) is 2.78. The molecule has 110 valence electrons. The van der Waals surface area contributed by atoms with Crippen molar-refractivity contribution in [3.05, 3.63) is 49.6 Å². The lowest BCUT2D eigenvalue weighted by molar-refractivity contribution is 0.0956. The van der Waals surface area contributed by atoms with Gasteiger partial charge in [-0.3, -0.25) is 9.59 Å². The number of hydrogen-bond donors (Lipinski definition) is 1. The number of aromatic nitrogens is 2. The van der Waals surface area contributed by atoms with Crippen molar-refractivity contribution in [3.8, 4) is 0 Å². The fourth-order valence-corrected chi connectivity index (χ4v) is 3.30. The summed E-state index contributed by atoms with van der Waals surface area (Å²) in [5.74, 6) is -0.0951. The fraction of sp³-hybridized carbons (Fsp3) is 0.400. The maximum absolute atomic E-state index is 11.9. The first-order valence-electron chi connectivity index (χ1n) is 7.08. The summed E-state index contributed by atoms with van der Waals surface area (Å²) in [4.78, 5) is 25.6. The summed E-state index contributed by atoms with van der Waals surface area (Å²) < 4.78 is 1.45. The van der Waals surface area contributed by atoms with E-state index in [0.29, 0.717) is 18.0 Å². The molecule has 0 saturated carbocycles. The number of nitrogens with zero attached hydrogens (tertiary/aromatic N) is 2. The monoisotopic (exact) mass is 303 g/mol. The van der Waals surface area contributed by atoms with Crippen molar-refractivity contribution in [1.82, 2.24) is 15.1 Å². The van der Waals surface area contributed by atoms with E-state index in [1.807, 2.05) is 19.1 Å². The second-order valence-corrected chi connectivity index (χ2v) is 6.49.